The van der Waals surface area contributed by atoms with Crippen molar-refractivity contribution in [3.05, 3.63) is 47.8 Å². The van der Waals surface area contributed by atoms with Crippen molar-refractivity contribution >= 4 is 5.69 Å². The lowest BCUT2D eigenvalue weighted by Gasteiger charge is -2.07. The maximum Gasteiger partial charge on any atom is 0.0729 e. The molecule has 0 aliphatic heterocycles. The number of hydrogen-bond acceptors (Lipinski definition) is 3. The van der Waals surface area contributed by atoms with Gasteiger partial charge in [-0.15, -0.1) is 0 Å². The molecular weight excluding hydrogens is 238 g/mol. The van der Waals surface area contributed by atoms with E-state index < -0.39 is 0 Å². The number of rotatable bonds is 6. The Morgan fingerprint density at radius 1 is 1.32 bits per heavy atom. The van der Waals surface area contributed by atoms with Crippen molar-refractivity contribution in [2.45, 2.75) is 33.0 Å². The minimum absolute atomic E-state index is 0.389. The quantitative estimate of drug-likeness (QED) is 0.865. The molecule has 0 aliphatic rings. The zero-order valence-corrected chi connectivity index (χ0v) is 11.8. The lowest BCUT2D eigenvalue weighted by molar-refractivity contribution is 0.185. The van der Waals surface area contributed by atoms with Crippen molar-refractivity contribution in [2.24, 2.45) is 0 Å². The summed E-state index contributed by atoms with van der Waals surface area (Å²) in [5.41, 5.74) is 3.48. The van der Waals surface area contributed by atoms with Gasteiger partial charge in [0, 0.05) is 25.9 Å². The highest BCUT2D eigenvalue weighted by atomic mass is 16.5. The monoisotopic (exact) mass is 259 g/mol. The molecule has 0 unspecified atom stereocenters. The van der Waals surface area contributed by atoms with Crippen molar-refractivity contribution in [2.75, 3.05) is 12.4 Å². The molecule has 0 bridgehead atoms. The summed E-state index contributed by atoms with van der Waals surface area (Å²) in [4.78, 5) is 0. The summed E-state index contributed by atoms with van der Waals surface area (Å²) in [6.45, 7) is 5.68. The van der Waals surface area contributed by atoms with Gasteiger partial charge in [-0.05, 0) is 25.0 Å². The summed E-state index contributed by atoms with van der Waals surface area (Å²) in [7, 11) is 1.71. The Morgan fingerprint density at radius 2 is 2.11 bits per heavy atom. The van der Waals surface area contributed by atoms with E-state index in [9.17, 15) is 0 Å². The Hall–Kier alpha value is -1.81. The van der Waals surface area contributed by atoms with Crippen LogP contribution in [0.5, 0.6) is 0 Å². The summed E-state index contributed by atoms with van der Waals surface area (Å²) >= 11 is 0. The molecule has 102 valence electrons. The van der Waals surface area contributed by atoms with Gasteiger partial charge < -0.3 is 10.1 Å². The molecule has 0 atom stereocenters. The predicted octanol–water partition coefficient (Wildman–Crippen LogP) is 3.22. The van der Waals surface area contributed by atoms with Crippen LogP contribution in [0.4, 0.5) is 5.69 Å². The third-order valence-corrected chi connectivity index (χ3v) is 2.93. The van der Waals surface area contributed by atoms with Gasteiger partial charge in [-0.2, -0.15) is 5.10 Å². The van der Waals surface area contributed by atoms with Crippen LogP contribution in [-0.4, -0.2) is 16.9 Å². The Bertz CT molecular complexity index is 520. The first-order valence-electron chi connectivity index (χ1n) is 6.54. The Morgan fingerprint density at radius 3 is 2.79 bits per heavy atom. The van der Waals surface area contributed by atoms with Crippen LogP contribution in [0.3, 0.4) is 0 Å². The zero-order valence-electron chi connectivity index (χ0n) is 11.8. The topological polar surface area (TPSA) is 39.1 Å². The average Bonchev–Trinajstić information content (AvgIpc) is 2.86. The van der Waals surface area contributed by atoms with E-state index in [1.807, 2.05) is 17.1 Å². The lowest BCUT2D eigenvalue weighted by Crippen LogP contribution is -2.01. The smallest absolute Gasteiger partial charge is 0.0729 e. The zero-order chi connectivity index (χ0) is 13.7. The molecule has 0 spiro atoms. The normalized spacial score (nSPS) is 10.9. The molecule has 2 aromatic rings. The molecule has 1 heterocycles. The Labute approximate surface area is 114 Å². The largest absolute Gasteiger partial charge is 0.380 e. The fourth-order valence-electron chi connectivity index (χ4n) is 1.91. The summed E-state index contributed by atoms with van der Waals surface area (Å²) in [6, 6.07) is 8.79. The second kappa shape index (κ2) is 6.38. The van der Waals surface area contributed by atoms with E-state index in [4.69, 9.17) is 4.74 Å². The Kier molecular flexibility index (Phi) is 4.58. The van der Waals surface area contributed by atoms with Gasteiger partial charge in [0.25, 0.3) is 0 Å². The molecule has 0 fully saturated rings. The van der Waals surface area contributed by atoms with E-state index in [-0.39, 0.29) is 0 Å². The van der Waals surface area contributed by atoms with Crippen LogP contribution in [0.15, 0.2) is 36.7 Å². The number of aromatic nitrogens is 2. The fourth-order valence-corrected chi connectivity index (χ4v) is 1.91. The number of ether oxygens (including phenoxy) is 1. The Balaban J connectivity index is 1.95. The first-order chi connectivity index (χ1) is 9.19. The van der Waals surface area contributed by atoms with E-state index in [1.165, 1.54) is 11.1 Å². The molecule has 19 heavy (non-hydrogen) atoms. The van der Waals surface area contributed by atoms with Gasteiger partial charge in [0.2, 0.25) is 0 Å². The molecule has 1 aromatic carbocycles. The molecule has 0 amide bonds. The van der Waals surface area contributed by atoms with Gasteiger partial charge in [-0.1, -0.05) is 24.3 Å². The molecule has 2 rings (SSSR count). The molecule has 1 N–H and O–H groups in total. The molecule has 0 saturated carbocycles. The molecule has 1 aromatic heterocycles. The number of nitrogens with one attached hydrogen (secondary N) is 1. The summed E-state index contributed by atoms with van der Waals surface area (Å²) in [5, 5.41) is 7.69. The van der Waals surface area contributed by atoms with Crippen LogP contribution in [0.2, 0.25) is 0 Å². The highest BCUT2D eigenvalue weighted by Gasteiger charge is 2.01. The second-order valence-corrected chi connectivity index (χ2v) is 4.91. The number of anilines is 1. The highest BCUT2D eigenvalue weighted by molar-refractivity contribution is 5.39. The van der Waals surface area contributed by atoms with E-state index in [0.717, 1.165) is 12.2 Å². The first kappa shape index (κ1) is 13.6. The van der Waals surface area contributed by atoms with Crippen molar-refractivity contribution in [3.63, 3.8) is 0 Å². The molecule has 0 saturated heterocycles. The third-order valence-electron chi connectivity index (χ3n) is 2.93. The maximum absolute atomic E-state index is 5.14. The van der Waals surface area contributed by atoms with Crippen LogP contribution in [0.1, 0.15) is 31.0 Å². The number of benzene rings is 1. The second-order valence-electron chi connectivity index (χ2n) is 4.91. The minimum Gasteiger partial charge on any atom is -0.380 e. The van der Waals surface area contributed by atoms with Gasteiger partial charge in [-0.3, -0.25) is 4.68 Å². The lowest BCUT2D eigenvalue weighted by atomic mass is 10.1. The number of methoxy groups -OCH3 is 1. The molecular formula is C15H21N3O. The highest BCUT2D eigenvalue weighted by Crippen LogP contribution is 2.12. The fraction of sp³-hybridized carbons (Fsp3) is 0.400. The maximum atomic E-state index is 5.14. The minimum atomic E-state index is 0.389. The SMILES string of the molecule is COCc1cccc(CNc2cnn(C(C)C)c2)c1. The van der Waals surface area contributed by atoms with Crippen LogP contribution in [0.25, 0.3) is 0 Å². The predicted molar refractivity (Wildman–Crippen MR) is 77.1 cm³/mol. The van der Waals surface area contributed by atoms with Crippen LogP contribution >= 0.6 is 0 Å². The number of hydrogen-bond donors (Lipinski definition) is 1. The summed E-state index contributed by atoms with van der Waals surface area (Å²) in [6.07, 6.45) is 3.89. The van der Waals surface area contributed by atoms with Crippen molar-refractivity contribution in [1.29, 1.82) is 0 Å². The molecule has 0 aliphatic carbocycles. The van der Waals surface area contributed by atoms with Gasteiger partial charge in [0.05, 0.1) is 18.5 Å². The van der Waals surface area contributed by atoms with Gasteiger partial charge in [0.15, 0.2) is 0 Å². The van der Waals surface area contributed by atoms with Gasteiger partial charge in [-0.25, -0.2) is 0 Å². The van der Waals surface area contributed by atoms with Gasteiger partial charge in [0.1, 0.15) is 0 Å². The van der Waals surface area contributed by atoms with Crippen molar-refractivity contribution < 1.29 is 4.74 Å². The summed E-state index contributed by atoms with van der Waals surface area (Å²) < 4.78 is 7.09. The molecule has 0 radical (unpaired) electrons. The third kappa shape index (κ3) is 3.83. The average molecular weight is 259 g/mol. The van der Waals surface area contributed by atoms with Crippen LogP contribution in [-0.2, 0) is 17.9 Å². The van der Waals surface area contributed by atoms with E-state index >= 15 is 0 Å². The van der Waals surface area contributed by atoms with E-state index in [1.54, 1.807) is 7.11 Å². The van der Waals surface area contributed by atoms with Crippen molar-refractivity contribution in [1.82, 2.24) is 9.78 Å². The van der Waals surface area contributed by atoms with Crippen molar-refractivity contribution in [3.8, 4) is 0 Å². The van der Waals surface area contributed by atoms with E-state index in [2.05, 4.69) is 48.5 Å². The molecule has 4 nitrogen and oxygen atoms in total. The summed E-state index contributed by atoms with van der Waals surface area (Å²) in [5.74, 6) is 0. The standard InChI is InChI=1S/C15H21N3O/c1-12(2)18-10-15(9-17-18)16-8-13-5-4-6-14(7-13)11-19-3/h4-7,9-10,12,16H,8,11H2,1-3H3. The van der Waals surface area contributed by atoms with Gasteiger partial charge >= 0.3 is 0 Å². The van der Waals surface area contributed by atoms with E-state index in [0.29, 0.717) is 12.6 Å². The first-order valence-corrected chi connectivity index (χ1v) is 6.54. The van der Waals surface area contributed by atoms with Crippen LogP contribution < -0.4 is 5.32 Å². The molecule has 4 heteroatoms. The number of nitrogens with zero attached hydrogens (tertiary/aromatic N) is 2. The van der Waals surface area contributed by atoms with Crippen LogP contribution in [0, 0.1) is 0 Å².